The fourth-order valence-corrected chi connectivity index (χ4v) is 4.97. The Bertz CT molecular complexity index is 992. The van der Waals surface area contributed by atoms with Gasteiger partial charge in [0, 0.05) is 37.6 Å². The molecule has 3 aromatic rings. The van der Waals surface area contributed by atoms with Crippen molar-refractivity contribution in [2.24, 2.45) is 0 Å². The molecule has 1 fully saturated rings. The first-order valence-corrected chi connectivity index (χ1v) is 10.7. The molecule has 28 heavy (non-hydrogen) atoms. The van der Waals surface area contributed by atoms with Gasteiger partial charge in [0.15, 0.2) is 0 Å². The summed E-state index contributed by atoms with van der Waals surface area (Å²) in [5, 5.41) is 3.18. The Balaban J connectivity index is 1.45. The van der Waals surface area contributed by atoms with Crippen LogP contribution in [-0.2, 0) is 17.8 Å². The number of piperazine rings is 1. The topological polar surface area (TPSA) is 45.6 Å². The Morgan fingerprint density at radius 3 is 2.64 bits per heavy atom. The SMILES string of the molecule is CCn1c(C(=O)N2CCN(C(=O)Cc3ccccc3)[C@@H](C)C2)cc2ccsc21. The summed E-state index contributed by atoms with van der Waals surface area (Å²) < 4.78 is 2.10. The van der Waals surface area contributed by atoms with Crippen molar-refractivity contribution in [1.29, 1.82) is 0 Å². The maximum absolute atomic E-state index is 13.2. The van der Waals surface area contributed by atoms with E-state index in [-0.39, 0.29) is 17.9 Å². The van der Waals surface area contributed by atoms with Crippen LogP contribution in [0.3, 0.4) is 0 Å². The zero-order chi connectivity index (χ0) is 19.7. The number of fused-ring (bicyclic) bond motifs is 1. The Labute approximate surface area is 169 Å². The quantitative estimate of drug-likeness (QED) is 0.677. The Kier molecular flexibility index (Phi) is 5.22. The lowest BCUT2D eigenvalue weighted by atomic mass is 10.1. The van der Waals surface area contributed by atoms with E-state index < -0.39 is 0 Å². The summed E-state index contributed by atoms with van der Waals surface area (Å²) in [6, 6.07) is 13.9. The van der Waals surface area contributed by atoms with Gasteiger partial charge in [0.2, 0.25) is 5.91 Å². The standard InChI is InChI=1S/C22H25N3O2S/c1-3-24-19(14-18-9-12-28-22(18)24)21(27)23-10-11-25(16(2)15-23)20(26)13-17-7-5-4-6-8-17/h4-9,12,14,16H,3,10-11,13,15H2,1-2H3/t16-/m0/s1. The summed E-state index contributed by atoms with van der Waals surface area (Å²) in [5.74, 6) is 0.190. The van der Waals surface area contributed by atoms with Gasteiger partial charge >= 0.3 is 0 Å². The molecule has 2 aromatic heterocycles. The fraction of sp³-hybridized carbons (Fsp3) is 0.364. The van der Waals surface area contributed by atoms with Crippen molar-refractivity contribution in [2.75, 3.05) is 19.6 Å². The van der Waals surface area contributed by atoms with Crippen LogP contribution >= 0.6 is 11.3 Å². The van der Waals surface area contributed by atoms with Crippen molar-refractivity contribution in [1.82, 2.24) is 14.4 Å². The minimum absolute atomic E-state index is 0.0140. The third-order valence-electron chi connectivity index (χ3n) is 5.47. The number of carbonyl (C=O) groups excluding carboxylic acids is 2. The van der Waals surface area contributed by atoms with E-state index in [2.05, 4.69) is 22.9 Å². The number of hydrogen-bond donors (Lipinski definition) is 0. The van der Waals surface area contributed by atoms with Crippen LogP contribution in [0.2, 0.25) is 0 Å². The lowest BCUT2D eigenvalue weighted by Crippen LogP contribution is -2.56. The molecule has 0 saturated carbocycles. The van der Waals surface area contributed by atoms with Crippen LogP contribution in [0, 0.1) is 0 Å². The predicted molar refractivity (Wildman–Crippen MR) is 113 cm³/mol. The van der Waals surface area contributed by atoms with E-state index in [1.807, 2.05) is 53.1 Å². The second kappa shape index (κ2) is 7.80. The molecular weight excluding hydrogens is 370 g/mol. The first-order chi connectivity index (χ1) is 13.6. The summed E-state index contributed by atoms with van der Waals surface area (Å²) in [6.07, 6.45) is 0.411. The van der Waals surface area contributed by atoms with Crippen molar-refractivity contribution >= 4 is 33.4 Å². The van der Waals surface area contributed by atoms with Gasteiger partial charge in [-0.3, -0.25) is 9.59 Å². The Hall–Kier alpha value is -2.60. The smallest absolute Gasteiger partial charge is 0.270 e. The van der Waals surface area contributed by atoms with E-state index in [0.717, 1.165) is 28.0 Å². The summed E-state index contributed by atoms with van der Waals surface area (Å²) >= 11 is 1.67. The highest BCUT2D eigenvalue weighted by atomic mass is 32.1. The molecule has 3 heterocycles. The van der Waals surface area contributed by atoms with Gasteiger partial charge in [0.1, 0.15) is 10.5 Å². The molecule has 6 heteroatoms. The zero-order valence-corrected chi connectivity index (χ0v) is 17.1. The average molecular weight is 396 g/mol. The van der Waals surface area contributed by atoms with Crippen LogP contribution in [0.5, 0.6) is 0 Å². The number of benzene rings is 1. The van der Waals surface area contributed by atoms with Crippen molar-refractivity contribution in [2.45, 2.75) is 32.9 Å². The van der Waals surface area contributed by atoms with Crippen molar-refractivity contribution in [3.8, 4) is 0 Å². The maximum Gasteiger partial charge on any atom is 0.270 e. The van der Waals surface area contributed by atoms with E-state index in [4.69, 9.17) is 0 Å². The third kappa shape index (κ3) is 3.44. The van der Waals surface area contributed by atoms with Gasteiger partial charge in [-0.05, 0) is 36.9 Å². The molecule has 2 amide bonds. The monoisotopic (exact) mass is 395 g/mol. The number of hydrogen-bond acceptors (Lipinski definition) is 3. The lowest BCUT2D eigenvalue weighted by molar-refractivity contribution is -0.134. The van der Waals surface area contributed by atoms with Crippen LogP contribution in [0.4, 0.5) is 0 Å². The molecular formula is C22H25N3O2S. The maximum atomic E-state index is 13.2. The molecule has 0 radical (unpaired) electrons. The van der Waals surface area contributed by atoms with Gasteiger partial charge in [-0.25, -0.2) is 0 Å². The van der Waals surface area contributed by atoms with E-state index in [9.17, 15) is 9.59 Å². The highest BCUT2D eigenvalue weighted by molar-refractivity contribution is 7.16. The second-order valence-electron chi connectivity index (χ2n) is 7.30. The van der Waals surface area contributed by atoms with E-state index in [0.29, 0.717) is 26.1 Å². The van der Waals surface area contributed by atoms with Gasteiger partial charge in [0.05, 0.1) is 6.42 Å². The number of rotatable bonds is 4. The van der Waals surface area contributed by atoms with Crippen LogP contribution in [0.15, 0.2) is 47.8 Å². The number of amides is 2. The molecule has 0 N–H and O–H groups in total. The van der Waals surface area contributed by atoms with Crippen molar-refractivity contribution < 1.29 is 9.59 Å². The van der Waals surface area contributed by atoms with Gasteiger partial charge in [-0.1, -0.05) is 30.3 Å². The highest BCUT2D eigenvalue weighted by Crippen LogP contribution is 2.26. The largest absolute Gasteiger partial charge is 0.336 e. The minimum atomic E-state index is 0.0140. The van der Waals surface area contributed by atoms with Gasteiger partial charge in [0.25, 0.3) is 5.91 Å². The summed E-state index contributed by atoms with van der Waals surface area (Å²) in [7, 11) is 0. The molecule has 4 rings (SSSR count). The summed E-state index contributed by atoms with van der Waals surface area (Å²) in [5.41, 5.74) is 1.78. The normalized spacial score (nSPS) is 17.3. The molecule has 0 aliphatic carbocycles. The van der Waals surface area contributed by atoms with E-state index >= 15 is 0 Å². The van der Waals surface area contributed by atoms with Gasteiger partial charge < -0.3 is 14.4 Å². The number of thiophene rings is 1. The minimum Gasteiger partial charge on any atom is -0.336 e. The molecule has 0 bridgehead atoms. The molecule has 5 nitrogen and oxygen atoms in total. The zero-order valence-electron chi connectivity index (χ0n) is 16.3. The molecule has 0 spiro atoms. The number of carbonyl (C=O) groups is 2. The molecule has 0 unspecified atom stereocenters. The predicted octanol–water partition coefficient (Wildman–Crippen LogP) is 3.64. The van der Waals surface area contributed by atoms with Crippen LogP contribution in [-0.4, -0.2) is 51.9 Å². The Morgan fingerprint density at radius 1 is 1.14 bits per heavy atom. The van der Waals surface area contributed by atoms with Gasteiger partial charge in [-0.2, -0.15) is 0 Å². The molecule has 1 saturated heterocycles. The molecule has 1 atom stereocenters. The number of aromatic nitrogens is 1. The van der Waals surface area contributed by atoms with Crippen molar-refractivity contribution in [3.63, 3.8) is 0 Å². The fourth-order valence-electron chi connectivity index (χ4n) is 4.01. The molecule has 1 aliphatic heterocycles. The second-order valence-corrected chi connectivity index (χ2v) is 8.20. The third-order valence-corrected chi connectivity index (χ3v) is 6.42. The van der Waals surface area contributed by atoms with Crippen LogP contribution in [0.1, 0.15) is 29.9 Å². The molecule has 1 aliphatic rings. The van der Waals surface area contributed by atoms with E-state index in [1.54, 1.807) is 11.3 Å². The van der Waals surface area contributed by atoms with Crippen LogP contribution < -0.4 is 0 Å². The van der Waals surface area contributed by atoms with Crippen molar-refractivity contribution in [3.05, 3.63) is 59.1 Å². The number of aryl methyl sites for hydroxylation is 1. The molecule has 1 aromatic carbocycles. The summed E-state index contributed by atoms with van der Waals surface area (Å²) in [6.45, 7) is 6.60. The first kappa shape index (κ1) is 18.7. The van der Waals surface area contributed by atoms with E-state index in [1.165, 1.54) is 0 Å². The highest BCUT2D eigenvalue weighted by Gasteiger charge is 2.31. The van der Waals surface area contributed by atoms with Crippen LogP contribution in [0.25, 0.3) is 10.2 Å². The Morgan fingerprint density at radius 2 is 1.93 bits per heavy atom. The average Bonchev–Trinajstić information content (AvgIpc) is 3.29. The van der Waals surface area contributed by atoms with Gasteiger partial charge in [-0.15, -0.1) is 11.3 Å². The molecule has 146 valence electrons. The lowest BCUT2D eigenvalue weighted by Gasteiger charge is -2.40. The summed E-state index contributed by atoms with van der Waals surface area (Å²) in [4.78, 5) is 30.8. The first-order valence-electron chi connectivity index (χ1n) is 9.78. The number of nitrogens with zero attached hydrogens (tertiary/aromatic N) is 3.